The predicted molar refractivity (Wildman–Crippen MR) is 53.2 cm³/mol. The van der Waals surface area contributed by atoms with Gasteiger partial charge in [-0.1, -0.05) is 12.2 Å². The summed E-state index contributed by atoms with van der Waals surface area (Å²) in [5.74, 6) is -3.14. The summed E-state index contributed by atoms with van der Waals surface area (Å²) in [6.45, 7) is 3.02. The largest absolute Gasteiger partial charge is 0.481 e. The number of rotatable bonds is 2. The minimum Gasteiger partial charge on any atom is -0.481 e. The van der Waals surface area contributed by atoms with Crippen molar-refractivity contribution in [2.45, 2.75) is 19.4 Å². The molecule has 0 aliphatic heterocycles. The number of nitrogens with two attached hydrogens (primary N) is 1. The van der Waals surface area contributed by atoms with Gasteiger partial charge in [0.05, 0.1) is 17.0 Å². The van der Waals surface area contributed by atoms with Crippen molar-refractivity contribution in [3.63, 3.8) is 0 Å². The van der Waals surface area contributed by atoms with Crippen LogP contribution in [0.4, 0.5) is 0 Å². The number of hydrogen-bond donors (Lipinski definition) is 3. The van der Waals surface area contributed by atoms with Crippen LogP contribution in [0.5, 0.6) is 0 Å². The third-order valence-electron chi connectivity index (χ3n) is 2.51. The van der Waals surface area contributed by atoms with Gasteiger partial charge in [-0.05, 0) is 19.4 Å². The average molecular weight is 211 g/mol. The first-order chi connectivity index (χ1) is 6.77. The minimum atomic E-state index is -1.17. The Morgan fingerprint density at radius 1 is 1.47 bits per heavy atom. The number of carbonyl (C=O) groups is 2. The molecule has 0 heterocycles. The Bertz CT molecular complexity index is 379. The highest BCUT2D eigenvalue weighted by molar-refractivity contribution is 5.93. The maximum Gasteiger partial charge on any atom is 0.333 e. The van der Waals surface area contributed by atoms with Crippen LogP contribution in [0, 0.1) is 5.92 Å². The van der Waals surface area contributed by atoms with E-state index in [1.807, 2.05) is 0 Å². The van der Waals surface area contributed by atoms with Gasteiger partial charge in [0, 0.05) is 0 Å². The van der Waals surface area contributed by atoms with E-state index in [9.17, 15) is 9.59 Å². The van der Waals surface area contributed by atoms with Crippen LogP contribution in [0.2, 0.25) is 0 Å². The minimum absolute atomic E-state index is 0.0441. The summed E-state index contributed by atoms with van der Waals surface area (Å²) < 4.78 is 0. The normalized spacial score (nSPS) is 30.5. The van der Waals surface area contributed by atoms with E-state index in [1.54, 1.807) is 0 Å². The summed E-state index contributed by atoms with van der Waals surface area (Å²) in [6.07, 6.45) is 2.84. The van der Waals surface area contributed by atoms with Crippen molar-refractivity contribution in [2.75, 3.05) is 0 Å². The third-order valence-corrected chi connectivity index (χ3v) is 2.51. The maximum atomic E-state index is 11.0. The van der Waals surface area contributed by atoms with Crippen molar-refractivity contribution in [1.82, 2.24) is 0 Å². The van der Waals surface area contributed by atoms with Crippen molar-refractivity contribution < 1.29 is 19.8 Å². The Kier molecular flexibility index (Phi) is 2.68. The van der Waals surface area contributed by atoms with Gasteiger partial charge in [0.15, 0.2) is 0 Å². The second-order valence-electron chi connectivity index (χ2n) is 3.82. The van der Waals surface area contributed by atoms with Crippen LogP contribution in [-0.4, -0.2) is 27.7 Å². The molecule has 0 bridgehead atoms. The van der Waals surface area contributed by atoms with Gasteiger partial charge in [0.1, 0.15) is 0 Å². The average Bonchev–Trinajstić information content (AvgIpc) is 2.00. The molecule has 2 unspecified atom stereocenters. The molecule has 0 aromatic heterocycles. The smallest absolute Gasteiger partial charge is 0.333 e. The van der Waals surface area contributed by atoms with Crippen LogP contribution in [0.25, 0.3) is 0 Å². The van der Waals surface area contributed by atoms with E-state index in [0.29, 0.717) is 0 Å². The van der Waals surface area contributed by atoms with Crippen LogP contribution >= 0.6 is 0 Å². The van der Waals surface area contributed by atoms with Crippen LogP contribution in [0.3, 0.4) is 0 Å². The molecular weight excluding hydrogens is 198 g/mol. The Morgan fingerprint density at radius 2 is 2.00 bits per heavy atom. The molecule has 1 rings (SSSR count). The van der Waals surface area contributed by atoms with Crippen LogP contribution in [-0.2, 0) is 9.59 Å². The fourth-order valence-corrected chi connectivity index (χ4v) is 1.77. The maximum absolute atomic E-state index is 11.0. The van der Waals surface area contributed by atoms with E-state index in [-0.39, 0.29) is 11.1 Å². The molecule has 0 aromatic rings. The van der Waals surface area contributed by atoms with E-state index in [4.69, 9.17) is 15.9 Å². The highest BCUT2D eigenvalue weighted by atomic mass is 16.4. The lowest BCUT2D eigenvalue weighted by atomic mass is 9.79. The zero-order chi connectivity index (χ0) is 11.8. The molecule has 82 valence electrons. The lowest BCUT2D eigenvalue weighted by molar-refractivity contribution is -0.139. The molecule has 0 saturated heterocycles. The molecule has 1 aliphatic carbocycles. The highest BCUT2D eigenvalue weighted by Gasteiger charge is 2.36. The first-order valence-electron chi connectivity index (χ1n) is 4.43. The van der Waals surface area contributed by atoms with Crippen LogP contribution in [0.1, 0.15) is 13.8 Å². The summed E-state index contributed by atoms with van der Waals surface area (Å²) >= 11 is 0. The van der Waals surface area contributed by atoms with Gasteiger partial charge in [-0.15, -0.1) is 0 Å². The molecule has 2 atom stereocenters. The van der Waals surface area contributed by atoms with Gasteiger partial charge in [-0.3, -0.25) is 4.79 Å². The summed E-state index contributed by atoms with van der Waals surface area (Å²) in [5.41, 5.74) is 4.88. The standard InChI is InChI=1S/C10H13NO4/c1-5-6(8(12)13)3-4-10(2,11)7(5)9(14)15/h3-4,6H,11H2,1-2H3,(H,12,13)(H,14,15). The zero-order valence-electron chi connectivity index (χ0n) is 8.52. The van der Waals surface area contributed by atoms with Gasteiger partial charge in [-0.2, -0.15) is 0 Å². The van der Waals surface area contributed by atoms with Gasteiger partial charge in [0.2, 0.25) is 0 Å². The molecule has 0 fully saturated rings. The molecule has 1 aliphatic rings. The fraction of sp³-hybridized carbons (Fsp3) is 0.400. The SMILES string of the molecule is CC1=C(C(=O)O)C(C)(N)C=CC1C(=O)O. The van der Waals surface area contributed by atoms with E-state index in [2.05, 4.69) is 0 Å². The lowest BCUT2D eigenvalue weighted by Crippen LogP contribution is -2.43. The molecule has 5 heteroatoms. The quantitative estimate of drug-likeness (QED) is 0.573. The van der Waals surface area contributed by atoms with E-state index >= 15 is 0 Å². The third kappa shape index (κ3) is 1.92. The van der Waals surface area contributed by atoms with Crippen molar-refractivity contribution in [3.05, 3.63) is 23.3 Å². The molecule has 5 nitrogen and oxygen atoms in total. The lowest BCUT2D eigenvalue weighted by Gasteiger charge is -2.29. The second-order valence-corrected chi connectivity index (χ2v) is 3.82. The Hall–Kier alpha value is -1.62. The number of aliphatic carboxylic acids is 2. The van der Waals surface area contributed by atoms with Gasteiger partial charge >= 0.3 is 11.9 Å². The molecule has 4 N–H and O–H groups in total. The van der Waals surface area contributed by atoms with Crippen LogP contribution < -0.4 is 5.73 Å². The Balaban J connectivity index is 3.29. The molecule has 0 aromatic carbocycles. The number of carboxylic acid groups (broad SMARTS) is 2. The first kappa shape index (κ1) is 11.5. The Labute approximate surface area is 86.9 Å². The molecule has 0 radical (unpaired) electrons. The summed E-state index contributed by atoms with van der Waals surface area (Å²) in [4.78, 5) is 21.8. The second kappa shape index (κ2) is 3.51. The number of carboxylic acids is 2. The molecule has 0 saturated carbocycles. The van der Waals surface area contributed by atoms with Crippen molar-refractivity contribution >= 4 is 11.9 Å². The predicted octanol–water partition coefficient (Wildman–Crippen LogP) is 0.375. The van der Waals surface area contributed by atoms with Gasteiger partial charge < -0.3 is 15.9 Å². The van der Waals surface area contributed by atoms with Crippen molar-refractivity contribution in [3.8, 4) is 0 Å². The van der Waals surface area contributed by atoms with Crippen molar-refractivity contribution in [2.24, 2.45) is 11.7 Å². The topological polar surface area (TPSA) is 101 Å². The van der Waals surface area contributed by atoms with Crippen molar-refractivity contribution in [1.29, 1.82) is 0 Å². The monoisotopic (exact) mass is 211 g/mol. The molecular formula is C10H13NO4. The Morgan fingerprint density at radius 3 is 2.40 bits per heavy atom. The summed E-state index contributed by atoms with van der Waals surface area (Å²) in [6, 6.07) is 0. The summed E-state index contributed by atoms with van der Waals surface area (Å²) in [5, 5.41) is 17.8. The van der Waals surface area contributed by atoms with Crippen LogP contribution in [0.15, 0.2) is 23.3 Å². The molecule has 0 amide bonds. The van der Waals surface area contributed by atoms with E-state index in [0.717, 1.165) is 0 Å². The first-order valence-corrected chi connectivity index (χ1v) is 4.43. The zero-order valence-corrected chi connectivity index (χ0v) is 8.52. The highest BCUT2D eigenvalue weighted by Crippen LogP contribution is 2.30. The van der Waals surface area contributed by atoms with E-state index in [1.165, 1.54) is 26.0 Å². The summed E-state index contributed by atoms with van der Waals surface area (Å²) in [7, 11) is 0. The van der Waals surface area contributed by atoms with Gasteiger partial charge in [0.25, 0.3) is 0 Å². The fourth-order valence-electron chi connectivity index (χ4n) is 1.77. The van der Waals surface area contributed by atoms with E-state index < -0.39 is 23.4 Å². The molecule has 15 heavy (non-hydrogen) atoms. The number of hydrogen-bond acceptors (Lipinski definition) is 3. The van der Waals surface area contributed by atoms with Gasteiger partial charge in [-0.25, -0.2) is 4.79 Å². The molecule has 0 spiro atoms.